The summed E-state index contributed by atoms with van der Waals surface area (Å²) in [5, 5.41) is 0. The van der Waals surface area contributed by atoms with Gasteiger partial charge in [0.25, 0.3) is 5.56 Å². The second-order valence-electron chi connectivity index (χ2n) is 9.50. The van der Waals surface area contributed by atoms with Gasteiger partial charge < -0.3 is 0 Å². The molecule has 3 aliphatic carbocycles. The molecular formula is C22H26FIN2O. The molecule has 0 saturated heterocycles. The van der Waals surface area contributed by atoms with E-state index in [0.717, 1.165) is 28.5 Å². The first-order chi connectivity index (χ1) is 12.8. The summed E-state index contributed by atoms with van der Waals surface area (Å²) in [6.07, 6.45) is 5.86. The molecule has 0 N–H and O–H groups in total. The number of hydrogen-bond acceptors (Lipinski definition) is 1. The first-order valence-electron chi connectivity index (χ1n) is 10.1. The van der Waals surface area contributed by atoms with Crippen LogP contribution < -0.4 is 5.56 Å². The van der Waals surface area contributed by atoms with Crippen molar-refractivity contribution in [3.05, 3.63) is 49.2 Å². The number of fused-ring (bicyclic) bond motifs is 5. The molecule has 3 aliphatic rings. The Balaban J connectivity index is 1.78. The van der Waals surface area contributed by atoms with E-state index in [1.54, 1.807) is 10.7 Å². The highest BCUT2D eigenvalue weighted by Gasteiger charge is 2.63. The van der Waals surface area contributed by atoms with Crippen molar-refractivity contribution in [2.75, 3.05) is 0 Å². The summed E-state index contributed by atoms with van der Waals surface area (Å²) < 4.78 is 19.6. The minimum atomic E-state index is -0.313. The Morgan fingerprint density at radius 1 is 1.22 bits per heavy atom. The van der Waals surface area contributed by atoms with E-state index in [1.165, 1.54) is 31.0 Å². The SMILES string of the molecule is CC1(C)[C@@H]2CC[C@@]1(C)c1c2c(=O)n(-c2ccc(I)cc2F)n1CC1CCC1. The summed E-state index contributed by atoms with van der Waals surface area (Å²) in [6.45, 7) is 7.78. The van der Waals surface area contributed by atoms with Gasteiger partial charge >= 0.3 is 0 Å². The zero-order valence-electron chi connectivity index (χ0n) is 16.2. The Labute approximate surface area is 173 Å². The smallest absolute Gasteiger partial charge is 0.275 e. The van der Waals surface area contributed by atoms with Crippen molar-refractivity contribution in [1.29, 1.82) is 0 Å². The lowest BCUT2D eigenvalue weighted by Gasteiger charge is -2.37. The van der Waals surface area contributed by atoms with Gasteiger partial charge in [0.2, 0.25) is 0 Å². The van der Waals surface area contributed by atoms with Gasteiger partial charge in [0, 0.05) is 21.1 Å². The fourth-order valence-corrected chi connectivity index (χ4v) is 6.33. The van der Waals surface area contributed by atoms with Gasteiger partial charge in [-0.2, -0.15) is 0 Å². The third kappa shape index (κ3) is 2.21. The highest BCUT2D eigenvalue weighted by Crippen LogP contribution is 2.67. The predicted molar refractivity (Wildman–Crippen MR) is 113 cm³/mol. The number of aromatic nitrogens is 2. The molecule has 0 aliphatic heterocycles. The van der Waals surface area contributed by atoms with E-state index < -0.39 is 0 Å². The zero-order valence-corrected chi connectivity index (χ0v) is 18.3. The second kappa shape index (κ2) is 5.71. The van der Waals surface area contributed by atoms with E-state index >= 15 is 0 Å². The Hall–Kier alpha value is -1.11. The lowest BCUT2D eigenvalue weighted by Crippen LogP contribution is -2.37. The lowest BCUT2D eigenvalue weighted by molar-refractivity contribution is 0.199. The van der Waals surface area contributed by atoms with E-state index in [2.05, 4.69) is 48.0 Å². The van der Waals surface area contributed by atoms with Gasteiger partial charge in [0.1, 0.15) is 11.5 Å². The number of benzene rings is 1. The molecule has 0 amide bonds. The Bertz CT molecular complexity index is 1000. The Morgan fingerprint density at radius 3 is 2.59 bits per heavy atom. The maximum Gasteiger partial charge on any atom is 0.275 e. The van der Waals surface area contributed by atoms with Crippen molar-refractivity contribution in [2.24, 2.45) is 11.3 Å². The number of halogens is 2. The molecule has 27 heavy (non-hydrogen) atoms. The van der Waals surface area contributed by atoms with Crippen molar-refractivity contribution >= 4 is 22.6 Å². The van der Waals surface area contributed by atoms with Crippen molar-refractivity contribution in [1.82, 2.24) is 9.36 Å². The molecule has 5 heteroatoms. The van der Waals surface area contributed by atoms with E-state index in [1.807, 2.05) is 6.07 Å². The van der Waals surface area contributed by atoms with Gasteiger partial charge in [0.15, 0.2) is 0 Å². The van der Waals surface area contributed by atoms with Crippen LogP contribution in [0.2, 0.25) is 0 Å². The molecule has 2 aromatic rings. The molecule has 1 aromatic heterocycles. The first-order valence-corrected chi connectivity index (χ1v) is 11.1. The van der Waals surface area contributed by atoms with E-state index in [-0.39, 0.29) is 28.1 Å². The van der Waals surface area contributed by atoms with Crippen LogP contribution >= 0.6 is 22.6 Å². The molecule has 0 spiro atoms. The molecule has 0 radical (unpaired) electrons. The van der Waals surface area contributed by atoms with Crippen molar-refractivity contribution in [3.8, 4) is 5.69 Å². The van der Waals surface area contributed by atoms with Crippen molar-refractivity contribution in [3.63, 3.8) is 0 Å². The highest BCUT2D eigenvalue weighted by atomic mass is 127. The molecule has 0 unspecified atom stereocenters. The molecule has 1 aromatic carbocycles. The molecule has 2 saturated carbocycles. The number of rotatable bonds is 3. The van der Waals surface area contributed by atoms with Crippen LogP contribution in [0, 0.1) is 20.7 Å². The van der Waals surface area contributed by atoms with Crippen LogP contribution in [0.15, 0.2) is 23.0 Å². The van der Waals surface area contributed by atoms with Crippen LogP contribution in [0.5, 0.6) is 0 Å². The predicted octanol–water partition coefficient (Wildman–Crippen LogP) is 5.36. The second-order valence-corrected chi connectivity index (χ2v) is 10.7. The summed E-state index contributed by atoms with van der Waals surface area (Å²) in [4.78, 5) is 13.6. The lowest BCUT2D eigenvalue weighted by atomic mass is 9.70. The van der Waals surface area contributed by atoms with Gasteiger partial charge in [-0.05, 0) is 83.7 Å². The van der Waals surface area contributed by atoms with E-state index in [0.29, 0.717) is 11.6 Å². The van der Waals surface area contributed by atoms with Crippen LogP contribution in [-0.2, 0) is 12.0 Å². The molecular weight excluding hydrogens is 454 g/mol. The molecule has 1 heterocycles. The van der Waals surface area contributed by atoms with E-state index in [9.17, 15) is 9.18 Å². The summed E-state index contributed by atoms with van der Waals surface area (Å²) in [5.74, 6) is 0.572. The number of hydrogen-bond donors (Lipinski definition) is 0. The van der Waals surface area contributed by atoms with Gasteiger partial charge in [-0.3, -0.25) is 9.48 Å². The van der Waals surface area contributed by atoms with Crippen LogP contribution in [0.4, 0.5) is 4.39 Å². The van der Waals surface area contributed by atoms with Gasteiger partial charge in [-0.15, -0.1) is 0 Å². The highest BCUT2D eigenvalue weighted by molar-refractivity contribution is 14.1. The van der Waals surface area contributed by atoms with Gasteiger partial charge in [-0.25, -0.2) is 9.07 Å². The summed E-state index contributed by atoms with van der Waals surface area (Å²) in [6, 6.07) is 5.17. The molecule has 5 rings (SSSR count). The minimum absolute atomic E-state index is 0.00549. The summed E-state index contributed by atoms with van der Waals surface area (Å²) >= 11 is 2.11. The van der Waals surface area contributed by atoms with Crippen LogP contribution in [0.25, 0.3) is 5.69 Å². The topological polar surface area (TPSA) is 26.9 Å². The molecule has 3 nitrogen and oxygen atoms in total. The third-order valence-electron chi connectivity index (χ3n) is 8.07. The Morgan fingerprint density at radius 2 is 1.96 bits per heavy atom. The standard InChI is InChI=1S/C22H26FIN2O/c1-21(2)15-9-10-22(21,3)19-18(15)20(27)26(25(19)12-13-5-4-6-13)17-8-7-14(24)11-16(17)23/h7-8,11,13,15H,4-6,9-10,12H2,1-3H3/t15-,22+/m1/s1. The molecule has 2 atom stereocenters. The van der Waals surface area contributed by atoms with Crippen molar-refractivity contribution in [2.45, 2.75) is 70.8 Å². The quantitative estimate of drug-likeness (QED) is 0.544. The van der Waals surface area contributed by atoms with Gasteiger partial charge in [0.05, 0.1) is 5.69 Å². The monoisotopic (exact) mass is 480 g/mol. The van der Waals surface area contributed by atoms with Gasteiger partial charge in [-0.1, -0.05) is 27.2 Å². The summed E-state index contributed by atoms with van der Waals surface area (Å²) in [7, 11) is 0. The average molecular weight is 480 g/mol. The molecule has 2 bridgehead atoms. The Kier molecular flexibility index (Phi) is 3.79. The summed E-state index contributed by atoms with van der Waals surface area (Å²) in [5.41, 5.74) is 2.63. The van der Waals surface area contributed by atoms with Crippen LogP contribution in [-0.4, -0.2) is 9.36 Å². The maximum atomic E-state index is 14.9. The molecule has 2 fully saturated rings. The third-order valence-corrected chi connectivity index (χ3v) is 8.74. The minimum Gasteiger partial charge on any atom is -0.281 e. The largest absolute Gasteiger partial charge is 0.281 e. The van der Waals surface area contributed by atoms with E-state index in [4.69, 9.17) is 0 Å². The van der Waals surface area contributed by atoms with Crippen LogP contribution in [0.3, 0.4) is 0 Å². The fraction of sp³-hybridized carbons (Fsp3) is 0.591. The molecule has 144 valence electrons. The fourth-order valence-electron chi connectivity index (χ4n) is 5.87. The maximum absolute atomic E-state index is 14.9. The zero-order chi connectivity index (χ0) is 19.1. The van der Waals surface area contributed by atoms with Crippen molar-refractivity contribution < 1.29 is 4.39 Å². The van der Waals surface area contributed by atoms with Crippen LogP contribution in [0.1, 0.15) is 70.1 Å². The first kappa shape index (κ1) is 18.0. The number of nitrogens with zero attached hydrogens (tertiary/aromatic N) is 2. The average Bonchev–Trinajstić information content (AvgIpc) is 3.03. The normalized spacial score (nSPS) is 28.4.